The Morgan fingerprint density at radius 1 is 1.27 bits per heavy atom. The second-order valence-electron chi connectivity index (χ2n) is 4.46. The standard InChI is InChI=1S/C11H26N4/c1-5-6-15(8-7-14(3)4)9-10(2)11(12)13/h10H,5-9H2,1-4H3,(H3,12,13). The van der Waals surface area contributed by atoms with Gasteiger partial charge in [-0.1, -0.05) is 13.8 Å². The van der Waals surface area contributed by atoms with Gasteiger partial charge in [0.05, 0.1) is 5.84 Å². The maximum Gasteiger partial charge on any atom is 0.0947 e. The largest absolute Gasteiger partial charge is 0.387 e. The summed E-state index contributed by atoms with van der Waals surface area (Å²) in [5.74, 6) is 0.458. The Labute approximate surface area is 93.9 Å². The van der Waals surface area contributed by atoms with E-state index >= 15 is 0 Å². The molecule has 3 N–H and O–H groups in total. The van der Waals surface area contributed by atoms with Crippen molar-refractivity contribution in [1.82, 2.24) is 9.80 Å². The van der Waals surface area contributed by atoms with Gasteiger partial charge in [-0.2, -0.15) is 0 Å². The smallest absolute Gasteiger partial charge is 0.0947 e. The molecule has 4 nitrogen and oxygen atoms in total. The number of hydrogen-bond acceptors (Lipinski definition) is 3. The summed E-state index contributed by atoms with van der Waals surface area (Å²) in [6.45, 7) is 8.30. The Kier molecular flexibility index (Phi) is 7.34. The minimum atomic E-state index is 0.165. The van der Waals surface area contributed by atoms with Gasteiger partial charge in [-0.15, -0.1) is 0 Å². The summed E-state index contributed by atoms with van der Waals surface area (Å²) >= 11 is 0. The van der Waals surface area contributed by atoms with Crippen LogP contribution in [-0.4, -0.2) is 55.9 Å². The molecule has 0 saturated heterocycles. The van der Waals surface area contributed by atoms with Crippen molar-refractivity contribution in [3.8, 4) is 0 Å². The molecule has 0 aliphatic carbocycles. The molecular weight excluding hydrogens is 188 g/mol. The highest BCUT2D eigenvalue weighted by molar-refractivity contribution is 5.79. The minimum absolute atomic E-state index is 0.165. The topological polar surface area (TPSA) is 56.4 Å². The molecule has 0 bridgehead atoms. The van der Waals surface area contributed by atoms with E-state index in [1.165, 1.54) is 0 Å². The molecule has 0 fully saturated rings. The second-order valence-corrected chi connectivity index (χ2v) is 4.46. The minimum Gasteiger partial charge on any atom is -0.387 e. The van der Waals surface area contributed by atoms with E-state index in [1.807, 2.05) is 6.92 Å². The lowest BCUT2D eigenvalue weighted by molar-refractivity contribution is 0.229. The third-order valence-electron chi connectivity index (χ3n) is 2.47. The van der Waals surface area contributed by atoms with Crippen LogP contribution in [0.5, 0.6) is 0 Å². The maximum absolute atomic E-state index is 7.38. The number of nitrogens with one attached hydrogen (secondary N) is 1. The summed E-state index contributed by atoms with van der Waals surface area (Å²) in [4.78, 5) is 4.56. The van der Waals surface area contributed by atoms with Crippen LogP contribution in [0.2, 0.25) is 0 Å². The van der Waals surface area contributed by atoms with Crippen molar-refractivity contribution in [3.63, 3.8) is 0 Å². The van der Waals surface area contributed by atoms with E-state index in [0.717, 1.165) is 32.6 Å². The molecule has 0 radical (unpaired) electrons. The van der Waals surface area contributed by atoms with Gasteiger partial charge in [-0.3, -0.25) is 5.41 Å². The van der Waals surface area contributed by atoms with Crippen molar-refractivity contribution in [2.75, 3.05) is 40.3 Å². The van der Waals surface area contributed by atoms with Gasteiger partial charge >= 0.3 is 0 Å². The molecular formula is C11H26N4. The van der Waals surface area contributed by atoms with E-state index < -0.39 is 0 Å². The van der Waals surface area contributed by atoms with Crippen LogP contribution in [0.25, 0.3) is 0 Å². The summed E-state index contributed by atoms with van der Waals surface area (Å²) in [6, 6.07) is 0. The van der Waals surface area contributed by atoms with Crippen LogP contribution in [0.1, 0.15) is 20.3 Å². The molecule has 0 saturated carbocycles. The first kappa shape index (κ1) is 14.4. The Hall–Kier alpha value is -0.610. The lowest BCUT2D eigenvalue weighted by atomic mass is 10.1. The number of hydrogen-bond donors (Lipinski definition) is 2. The van der Waals surface area contributed by atoms with Crippen molar-refractivity contribution in [2.45, 2.75) is 20.3 Å². The Morgan fingerprint density at radius 2 is 1.87 bits per heavy atom. The van der Waals surface area contributed by atoms with E-state index in [9.17, 15) is 0 Å². The van der Waals surface area contributed by atoms with Crippen LogP contribution in [0.15, 0.2) is 0 Å². The molecule has 0 spiro atoms. The second kappa shape index (κ2) is 7.65. The SMILES string of the molecule is CCCN(CCN(C)C)CC(C)C(=N)N. The third-order valence-corrected chi connectivity index (χ3v) is 2.47. The highest BCUT2D eigenvalue weighted by Crippen LogP contribution is 2.00. The Morgan fingerprint density at radius 3 is 2.27 bits per heavy atom. The molecule has 0 aliphatic heterocycles. The quantitative estimate of drug-likeness (QED) is 0.465. The van der Waals surface area contributed by atoms with Crippen molar-refractivity contribution < 1.29 is 0 Å². The predicted octanol–water partition coefficient (Wildman–Crippen LogP) is 0.832. The van der Waals surface area contributed by atoms with Gasteiger partial charge < -0.3 is 15.5 Å². The van der Waals surface area contributed by atoms with Crippen LogP contribution in [0, 0.1) is 11.3 Å². The molecule has 1 atom stereocenters. The lowest BCUT2D eigenvalue weighted by Gasteiger charge is -2.26. The molecule has 0 heterocycles. The highest BCUT2D eigenvalue weighted by atomic mass is 15.2. The summed E-state index contributed by atoms with van der Waals surface area (Å²) in [6.07, 6.45) is 1.15. The molecule has 4 heteroatoms. The molecule has 1 unspecified atom stereocenters. The fourth-order valence-corrected chi connectivity index (χ4v) is 1.44. The van der Waals surface area contributed by atoms with E-state index in [4.69, 9.17) is 11.1 Å². The van der Waals surface area contributed by atoms with Gasteiger partial charge in [0, 0.05) is 25.6 Å². The van der Waals surface area contributed by atoms with Gasteiger partial charge in [0.25, 0.3) is 0 Å². The summed E-state index contributed by atoms with van der Waals surface area (Å²) in [5.41, 5.74) is 5.48. The van der Waals surface area contributed by atoms with Crippen molar-refractivity contribution in [1.29, 1.82) is 5.41 Å². The molecule has 0 rings (SSSR count). The van der Waals surface area contributed by atoms with Crippen LogP contribution < -0.4 is 5.73 Å². The average Bonchev–Trinajstić information content (AvgIpc) is 2.14. The number of likely N-dealkylation sites (N-methyl/N-ethyl adjacent to an activating group) is 1. The number of amidine groups is 1. The van der Waals surface area contributed by atoms with Crippen molar-refractivity contribution in [3.05, 3.63) is 0 Å². The maximum atomic E-state index is 7.38. The Bertz CT molecular complexity index is 179. The molecule has 0 aromatic rings. The summed E-state index contributed by atoms with van der Waals surface area (Å²) in [5, 5.41) is 7.38. The van der Waals surface area contributed by atoms with Crippen molar-refractivity contribution in [2.24, 2.45) is 11.7 Å². The zero-order chi connectivity index (χ0) is 11.8. The van der Waals surface area contributed by atoms with E-state index in [-0.39, 0.29) is 5.92 Å². The Balaban J connectivity index is 3.97. The van der Waals surface area contributed by atoms with Crippen LogP contribution in [0.4, 0.5) is 0 Å². The third kappa shape index (κ3) is 7.33. The van der Waals surface area contributed by atoms with Gasteiger partial charge in [0.1, 0.15) is 0 Å². The highest BCUT2D eigenvalue weighted by Gasteiger charge is 2.11. The van der Waals surface area contributed by atoms with E-state index in [0.29, 0.717) is 5.84 Å². The monoisotopic (exact) mass is 214 g/mol. The van der Waals surface area contributed by atoms with Crippen molar-refractivity contribution >= 4 is 5.84 Å². The number of nitrogens with two attached hydrogens (primary N) is 1. The van der Waals surface area contributed by atoms with E-state index in [1.54, 1.807) is 0 Å². The van der Waals surface area contributed by atoms with Gasteiger partial charge in [0.2, 0.25) is 0 Å². The molecule has 0 aromatic heterocycles. The lowest BCUT2D eigenvalue weighted by Crippen LogP contribution is -2.38. The first-order valence-electron chi connectivity index (χ1n) is 5.68. The molecule has 0 aliphatic rings. The zero-order valence-corrected chi connectivity index (χ0v) is 10.6. The fourth-order valence-electron chi connectivity index (χ4n) is 1.44. The normalized spacial score (nSPS) is 13.5. The first-order chi connectivity index (χ1) is 6.97. The summed E-state index contributed by atoms with van der Waals surface area (Å²) < 4.78 is 0. The van der Waals surface area contributed by atoms with Crippen LogP contribution in [-0.2, 0) is 0 Å². The summed E-state index contributed by atoms with van der Waals surface area (Å²) in [7, 11) is 4.16. The van der Waals surface area contributed by atoms with Gasteiger partial charge in [0.15, 0.2) is 0 Å². The first-order valence-corrected chi connectivity index (χ1v) is 5.68. The number of nitrogens with zero attached hydrogens (tertiary/aromatic N) is 2. The molecule has 90 valence electrons. The average molecular weight is 214 g/mol. The predicted molar refractivity (Wildman–Crippen MR) is 66.4 cm³/mol. The van der Waals surface area contributed by atoms with Gasteiger partial charge in [-0.05, 0) is 27.1 Å². The zero-order valence-electron chi connectivity index (χ0n) is 10.6. The molecule has 0 amide bonds. The molecule has 15 heavy (non-hydrogen) atoms. The van der Waals surface area contributed by atoms with Gasteiger partial charge in [-0.25, -0.2) is 0 Å². The fraction of sp³-hybridized carbons (Fsp3) is 0.909. The van der Waals surface area contributed by atoms with Crippen LogP contribution in [0.3, 0.4) is 0 Å². The van der Waals surface area contributed by atoms with E-state index in [2.05, 4.69) is 30.8 Å². The number of rotatable bonds is 8. The van der Waals surface area contributed by atoms with Crippen LogP contribution >= 0.6 is 0 Å². The molecule has 0 aromatic carbocycles.